The molecule has 0 atom stereocenters. The number of nitrogens with one attached hydrogen (secondary N) is 1. The summed E-state index contributed by atoms with van der Waals surface area (Å²) in [6, 6.07) is 8.94. The lowest BCUT2D eigenvalue weighted by Crippen LogP contribution is -2.13. The number of nitro benzene ring substituents is 1. The van der Waals surface area contributed by atoms with E-state index in [4.69, 9.17) is 23.2 Å². The van der Waals surface area contributed by atoms with E-state index >= 15 is 0 Å². The van der Waals surface area contributed by atoms with Crippen molar-refractivity contribution in [1.82, 2.24) is 4.98 Å². The number of hydrogen-bond donors (Lipinski definition) is 1. The van der Waals surface area contributed by atoms with Gasteiger partial charge in [-0.2, -0.15) is 0 Å². The number of aromatic nitrogens is 1. The van der Waals surface area contributed by atoms with Crippen molar-refractivity contribution in [2.45, 2.75) is 0 Å². The van der Waals surface area contributed by atoms with Gasteiger partial charge in [-0.3, -0.25) is 20.2 Å². The van der Waals surface area contributed by atoms with Gasteiger partial charge in [0.1, 0.15) is 5.56 Å². The Hall–Kier alpha value is -2.22. The number of nitro groups is 1. The fraction of sp³-hybridized carbons (Fsp3) is 0. The molecule has 1 aromatic heterocycles. The summed E-state index contributed by atoms with van der Waals surface area (Å²) in [6.07, 6.45) is 0. The minimum Gasteiger partial charge on any atom is -0.298 e. The largest absolute Gasteiger partial charge is 0.298 e. The van der Waals surface area contributed by atoms with Crippen LogP contribution in [0.15, 0.2) is 36.4 Å². The van der Waals surface area contributed by atoms with Crippen LogP contribution in [0.2, 0.25) is 10.0 Å². The van der Waals surface area contributed by atoms with Gasteiger partial charge in [0.05, 0.1) is 15.1 Å². The first-order valence-corrected chi connectivity index (χ1v) is 7.82. The van der Waals surface area contributed by atoms with Gasteiger partial charge in [0.15, 0.2) is 5.13 Å². The Bertz CT molecular complexity index is 942. The average Bonchev–Trinajstić information content (AvgIpc) is 2.88. The second-order valence-corrected chi connectivity index (χ2v) is 6.41. The van der Waals surface area contributed by atoms with Gasteiger partial charge in [-0.1, -0.05) is 34.5 Å². The lowest BCUT2D eigenvalue weighted by Gasteiger charge is -2.03. The molecule has 0 aliphatic carbocycles. The Kier molecular flexibility index (Phi) is 4.16. The standard InChI is InChI=1S/C14H7Cl2N3O3S/c15-7-2-4-11(19(21)22)9(5-7)13(20)18-14-17-10-3-1-8(16)6-12(10)23-14/h1-6H,(H,17,18,20). The molecule has 0 aliphatic heterocycles. The van der Waals surface area contributed by atoms with E-state index in [1.54, 1.807) is 18.2 Å². The van der Waals surface area contributed by atoms with Gasteiger partial charge in [-0.15, -0.1) is 0 Å². The van der Waals surface area contributed by atoms with Crippen LogP contribution in [0.1, 0.15) is 10.4 Å². The number of carbonyl (C=O) groups is 1. The molecule has 1 heterocycles. The maximum Gasteiger partial charge on any atom is 0.282 e. The van der Waals surface area contributed by atoms with E-state index in [-0.39, 0.29) is 16.3 Å². The number of carbonyl (C=O) groups excluding carboxylic acids is 1. The number of nitrogens with zero attached hydrogens (tertiary/aromatic N) is 2. The number of anilines is 1. The van der Waals surface area contributed by atoms with Gasteiger partial charge < -0.3 is 0 Å². The van der Waals surface area contributed by atoms with Crippen molar-refractivity contribution in [3.8, 4) is 0 Å². The van der Waals surface area contributed by atoms with Crippen LogP contribution in [0.4, 0.5) is 10.8 Å². The highest BCUT2D eigenvalue weighted by molar-refractivity contribution is 7.22. The zero-order valence-corrected chi connectivity index (χ0v) is 13.6. The number of benzene rings is 2. The van der Waals surface area contributed by atoms with Crippen LogP contribution >= 0.6 is 34.5 Å². The summed E-state index contributed by atoms with van der Waals surface area (Å²) in [5, 5.41) is 14.7. The lowest BCUT2D eigenvalue weighted by atomic mass is 10.1. The molecular formula is C14H7Cl2N3O3S. The van der Waals surface area contributed by atoms with E-state index < -0.39 is 10.8 Å². The SMILES string of the molecule is O=C(Nc1nc2ccc(Cl)cc2s1)c1cc(Cl)ccc1[N+](=O)[O-]. The van der Waals surface area contributed by atoms with Gasteiger partial charge >= 0.3 is 0 Å². The zero-order chi connectivity index (χ0) is 16.6. The fourth-order valence-electron chi connectivity index (χ4n) is 1.97. The molecule has 3 aromatic rings. The van der Waals surface area contributed by atoms with Crippen molar-refractivity contribution in [3.05, 3.63) is 62.1 Å². The summed E-state index contributed by atoms with van der Waals surface area (Å²) < 4.78 is 0.799. The highest BCUT2D eigenvalue weighted by atomic mass is 35.5. The fourth-order valence-corrected chi connectivity index (χ4v) is 3.27. The highest BCUT2D eigenvalue weighted by Gasteiger charge is 2.21. The molecule has 2 aromatic carbocycles. The van der Waals surface area contributed by atoms with Crippen molar-refractivity contribution < 1.29 is 9.72 Å². The zero-order valence-electron chi connectivity index (χ0n) is 11.2. The monoisotopic (exact) mass is 367 g/mol. The lowest BCUT2D eigenvalue weighted by molar-refractivity contribution is -0.385. The first-order chi connectivity index (χ1) is 10.9. The van der Waals surface area contributed by atoms with Gasteiger partial charge in [-0.05, 0) is 30.3 Å². The highest BCUT2D eigenvalue weighted by Crippen LogP contribution is 2.29. The summed E-state index contributed by atoms with van der Waals surface area (Å²) in [7, 11) is 0. The maximum atomic E-state index is 12.3. The Balaban J connectivity index is 1.94. The van der Waals surface area contributed by atoms with Gasteiger partial charge in [0.2, 0.25) is 0 Å². The molecule has 1 amide bonds. The minimum atomic E-state index is -0.649. The smallest absolute Gasteiger partial charge is 0.282 e. The van der Waals surface area contributed by atoms with Gasteiger partial charge in [0, 0.05) is 16.1 Å². The van der Waals surface area contributed by atoms with Crippen LogP contribution in [0.5, 0.6) is 0 Å². The Morgan fingerprint density at radius 2 is 1.87 bits per heavy atom. The van der Waals surface area contributed by atoms with E-state index in [1.807, 2.05) is 0 Å². The van der Waals surface area contributed by atoms with E-state index in [0.717, 1.165) is 4.70 Å². The number of hydrogen-bond acceptors (Lipinski definition) is 5. The van der Waals surface area contributed by atoms with Crippen LogP contribution in [0.25, 0.3) is 10.2 Å². The van der Waals surface area contributed by atoms with Crippen molar-refractivity contribution in [2.24, 2.45) is 0 Å². The third-order valence-electron chi connectivity index (χ3n) is 2.97. The van der Waals surface area contributed by atoms with Crippen LogP contribution in [-0.2, 0) is 0 Å². The summed E-state index contributed by atoms with van der Waals surface area (Å²) in [6.45, 7) is 0. The number of rotatable bonds is 3. The molecule has 9 heteroatoms. The van der Waals surface area contributed by atoms with Crippen LogP contribution in [0.3, 0.4) is 0 Å². The van der Waals surface area contributed by atoms with E-state index in [2.05, 4.69) is 10.3 Å². The van der Waals surface area contributed by atoms with Gasteiger partial charge in [-0.25, -0.2) is 4.98 Å². The predicted octanol–water partition coefficient (Wildman–Crippen LogP) is 4.76. The van der Waals surface area contributed by atoms with Crippen LogP contribution < -0.4 is 5.32 Å². The molecule has 0 aliphatic rings. The third-order valence-corrected chi connectivity index (χ3v) is 4.37. The summed E-state index contributed by atoms with van der Waals surface area (Å²) >= 11 is 12.9. The normalized spacial score (nSPS) is 10.7. The first kappa shape index (κ1) is 15.7. The number of amides is 1. The third kappa shape index (κ3) is 3.26. The summed E-state index contributed by atoms with van der Waals surface area (Å²) in [5.74, 6) is -0.649. The molecule has 0 saturated heterocycles. The van der Waals surface area contributed by atoms with E-state index in [0.29, 0.717) is 15.7 Å². The quantitative estimate of drug-likeness (QED) is 0.533. The van der Waals surface area contributed by atoms with E-state index in [1.165, 1.54) is 29.5 Å². The first-order valence-electron chi connectivity index (χ1n) is 6.25. The molecule has 116 valence electrons. The number of thiazole rings is 1. The number of halogens is 2. The summed E-state index contributed by atoms with van der Waals surface area (Å²) in [5.41, 5.74) is 0.228. The average molecular weight is 368 g/mol. The van der Waals surface area contributed by atoms with Gasteiger partial charge in [0.25, 0.3) is 11.6 Å². The Morgan fingerprint density at radius 3 is 2.61 bits per heavy atom. The van der Waals surface area contributed by atoms with E-state index in [9.17, 15) is 14.9 Å². The molecule has 0 bridgehead atoms. The molecule has 0 unspecified atom stereocenters. The molecule has 3 rings (SSSR count). The second-order valence-electron chi connectivity index (χ2n) is 4.50. The predicted molar refractivity (Wildman–Crippen MR) is 90.7 cm³/mol. The van der Waals surface area contributed by atoms with Crippen LogP contribution in [-0.4, -0.2) is 15.8 Å². The molecule has 0 fully saturated rings. The molecule has 0 radical (unpaired) electrons. The van der Waals surface area contributed by atoms with Crippen molar-refractivity contribution in [2.75, 3.05) is 5.32 Å². The minimum absolute atomic E-state index is 0.125. The molecule has 0 spiro atoms. The molecule has 1 N–H and O–H groups in total. The summed E-state index contributed by atoms with van der Waals surface area (Å²) in [4.78, 5) is 26.9. The second kappa shape index (κ2) is 6.11. The topological polar surface area (TPSA) is 85.1 Å². The Labute approximate surface area is 143 Å². The molecular weight excluding hydrogens is 361 g/mol. The van der Waals surface area contributed by atoms with Crippen LogP contribution in [0, 0.1) is 10.1 Å². The van der Waals surface area contributed by atoms with Crippen molar-refractivity contribution in [1.29, 1.82) is 0 Å². The molecule has 0 saturated carbocycles. The number of fused-ring (bicyclic) bond motifs is 1. The molecule has 6 nitrogen and oxygen atoms in total. The van der Waals surface area contributed by atoms with Crippen molar-refractivity contribution >= 4 is 61.5 Å². The van der Waals surface area contributed by atoms with Crippen molar-refractivity contribution in [3.63, 3.8) is 0 Å². The molecule has 23 heavy (non-hydrogen) atoms. The maximum absolute atomic E-state index is 12.3. The Morgan fingerprint density at radius 1 is 1.17 bits per heavy atom.